The highest BCUT2D eigenvalue weighted by Crippen LogP contribution is 2.39. The van der Waals surface area contributed by atoms with Crippen LogP contribution in [-0.4, -0.2) is 56.0 Å². The summed E-state index contributed by atoms with van der Waals surface area (Å²) < 4.78 is 0. The van der Waals surface area contributed by atoms with E-state index in [0.717, 1.165) is 32.6 Å². The number of likely N-dealkylation sites (tertiary alicyclic amines) is 1. The van der Waals surface area contributed by atoms with Gasteiger partial charge in [0.05, 0.1) is 6.04 Å². The quantitative estimate of drug-likeness (QED) is 0.838. The molecule has 0 saturated carbocycles. The van der Waals surface area contributed by atoms with Crippen LogP contribution in [0.15, 0.2) is 24.3 Å². The Hall–Kier alpha value is -0.810. The fourth-order valence-electron chi connectivity index (χ4n) is 4.34. The normalized spacial score (nSPS) is 20.5. The van der Waals surface area contributed by atoms with Crippen molar-refractivity contribution in [2.24, 2.45) is 5.41 Å². The molecule has 0 aliphatic carbocycles. The number of carbonyl (C=O) groups is 1. The third-order valence-electron chi connectivity index (χ3n) is 5.98. The Morgan fingerprint density at radius 1 is 1.15 bits per heavy atom. The number of nitrogens with one attached hydrogen (secondary N) is 1. The van der Waals surface area contributed by atoms with Gasteiger partial charge in [-0.05, 0) is 69.9 Å². The summed E-state index contributed by atoms with van der Waals surface area (Å²) in [5, 5.41) is 3.46. The monoisotopic (exact) mass is 401 g/mol. The molecule has 1 aromatic rings. The van der Waals surface area contributed by atoms with Gasteiger partial charge in [-0.1, -0.05) is 24.3 Å². The van der Waals surface area contributed by atoms with E-state index in [4.69, 9.17) is 0 Å². The maximum absolute atomic E-state index is 12.6. The van der Waals surface area contributed by atoms with Gasteiger partial charge >= 0.3 is 0 Å². The third-order valence-corrected chi connectivity index (χ3v) is 5.98. The van der Waals surface area contributed by atoms with Gasteiger partial charge in [0.1, 0.15) is 0 Å². The van der Waals surface area contributed by atoms with Crippen molar-refractivity contribution in [3.63, 3.8) is 0 Å². The smallest absolute Gasteiger partial charge is 0.222 e. The molecule has 1 aromatic carbocycles. The minimum Gasteiger partial charge on any atom is -0.340 e. The van der Waals surface area contributed by atoms with Gasteiger partial charge in [0.15, 0.2) is 0 Å². The zero-order valence-corrected chi connectivity index (χ0v) is 17.8. The standard InChI is InChI=1S/C20H31N3O.2ClH/c1-16-6-4-5-7-17(16)18(22(2)3)14-23-15-20(9-8-19(23)24)10-12-21-13-11-20;;/h4-7,18,21H,8-15H2,1-3H3;2*1H. The Bertz CT molecular complexity index is 588. The molecule has 0 bridgehead atoms. The van der Waals surface area contributed by atoms with E-state index in [1.54, 1.807) is 0 Å². The van der Waals surface area contributed by atoms with Crippen molar-refractivity contribution in [3.05, 3.63) is 35.4 Å². The van der Waals surface area contributed by atoms with Gasteiger partial charge in [-0.2, -0.15) is 0 Å². The zero-order valence-electron chi connectivity index (χ0n) is 16.2. The molecule has 3 rings (SSSR count). The lowest BCUT2D eigenvalue weighted by Gasteiger charge is -2.46. The lowest BCUT2D eigenvalue weighted by molar-refractivity contribution is -0.139. The Kier molecular flexibility index (Phi) is 8.87. The van der Waals surface area contributed by atoms with Crippen LogP contribution < -0.4 is 5.32 Å². The number of piperidine rings is 2. The number of rotatable bonds is 4. The SMILES string of the molecule is Cc1ccccc1C(CN1CC2(CCNCC2)CCC1=O)N(C)C.Cl.Cl. The highest BCUT2D eigenvalue weighted by Gasteiger charge is 2.40. The fraction of sp³-hybridized carbons (Fsp3) is 0.650. The summed E-state index contributed by atoms with van der Waals surface area (Å²) in [6.07, 6.45) is 4.19. The van der Waals surface area contributed by atoms with Gasteiger partial charge in [0, 0.05) is 19.5 Å². The summed E-state index contributed by atoms with van der Waals surface area (Å²) in [5.41, 5.74) is 2.99. The first-order valence-electron chi connectivity index (χ1n) is 9.21. The first-order valence-corrected chi connectivity index (χ1v) is 9.21. The maximum atomic E-state index is 12.6. The van der Waals surface area contributed by atoms with Crippen molar-refractivity contribution in [1.82, 2.24) is 15.1 Å². The highest BCUT2D eigenvalue weighted by molar-refractivity contribution is 5.85. The van der Waals surface area contributed by atoms with Crippen molar-refractivity contribution in [2.45, 2.75) is 38.6 Å². The summed E-state index contributed by atoms with van der Waals surface area (Å²) in [6.45, 7) is 6.08. The molecular formula is C20H33Cl2N3O. The molecule has 1 spiro atoms. The summed E-state index contributed by atoms with van der Waals surface area (Å²) in [7, 11) is 4.23. The van der Waals surface area contributed by atoms with Crippen LogP contribution in [0.3, 0.4) is 0 Å². The van der Waals surface area contributed by atoms with Gasteiger partial charge in [-0.25, -0.2) is 0 Å². The molecule has 148 valence electrons. The Morgan fingerprint density at radius 3 is 2.42 bits per heavy atom. The van der Waals surface area contributed by atoms with Gasteiger partial charge in [0.25, 0.3) is 0 Å². The Labute approximate surface area is 170 Å². The number of nitrogens with zero attached hydrogens (tertiary/aromatic N) is 2. The van der Waals surface area contributed by atoms with Gasteiger partial charge in [-0.3, -0.25) is 4.79 Å². The first kappa shape index (κ1) is 23.2. The predicted molar refractivity (Wildman–Crippen MR) is 112 cm³/mol. The fourth-order valence-corrected chi connectivity index (χ4v) is 4.34. The van der Waals surface area contributed by atoms with Crippen LogP contribution in [0.25, 0.3) is 0 Å². The molecule has 2 heterocycles. The Morgan fingerprint density at radius 2 is 1.81 bits per heavy atom. The molecule has 0 radical (unpaired) electrons. The van der Waals surface area contributed by atoms with E-state index in [1.807, 2.05) is 0 Å². The molecule has 1 N–H and O–H groups in total. The van der Waals surface area contributed by atoms with Crippen molar-refractivity contribution in [2.75, 3.05) is 40.3 Å². The molecule has 26 heavy (non-hydrogen) atoms. The molecule has 2 saturated heterocycles. The molecule has 2 fully saturated rings. The molecule has 0 aromatic heterocycles. The van der Waals surface area contributed by atoms with Crippen LogP contribution >= 0.6 is 24.8 Å². The molecular weight excluding hydrogens is 369 g/mol. The van der Waals surface area contributed by atoms with Crippen LogP contribution in [0.5, 0.6) is 0 Å². The number of carbonyl (C=O) groups excluding carboxylic acids is 1. The van der Waals surface area contributed by atoms with E-state index in [2.05, 4.69) is 60.4 Å². The van der Waals surface area contributed by atoms with E-state index in [0.29, 0.717) is 17.7 Å². The minimum atomic E-state index is 0. The average molecular weight is 402 g/mol. The second-order valence-corrected chi connectivity index (χ2v) is 7.86. The number of hydrogen-bond acceptors (Lipinski definition) is 3. The highest BCUT2D eigenvalue weighted by atomic mass is 35.5. The number of halogens is 2. The minimum absolute atomic E-state index is 0. The summed E-state index contributed by atoms with van der Waals surface area (Å²) >= 11 is 0. The van der Waals surface area contributed by atoms with Crippen LogP contribution in [0, 0.1) is 12.3 Å². The van der Waals surface area contributed by atoms with E-state index in [1.165, 1.54) is 24.0 Å². The van der Waals surface area contributed by atoms with Gasteiger partial charge < -0.3 is 15.1 Å². The van der Waals surface area contributed by atoms with Crippen LogP contribution in [0.2, 0.25) is 0 Å². The summed E-state index contributed by atoms with van der Waals surface area (Å²) in [5.74, 6) is 0.333. The lowest BCUT2D eigenvalue weighted by Crippen LogP contribution is -2.52. The molecule has 1 unspecified atom stereocenters. The average Bonchev–Trinajstić information content (AvgIpc) is 2.57. The number of benzene rings is 1. The van der Waals surface area contributed by atoms with Crippen molar-refractivity contribution >= 4 is 30.7 Å². The third kappa shape index (κ3) is 5.13. The van der Waals surface area contributed by atoms with E-state index >= 15 is 0 Å². The molecule has 2 aliphatic heterocycles. The molecule has 2 aliphatic rings. The second-order valence-electron chi connectivity index (χ2n) is 7.86. The predicted octanol–water partition coefficient (Wildman–Crippen LogP) is 3.43. The first-order chi connectivity index (χ1) is 11.5. The van der Waals surface area contributed by atoms with Crippen molar-refractivity contribution in [3.8, 4) is 0 Å². The molecule has 4 nitrogen and oxygen atoms in total. The lowest BCUT2D eigenvalue weighted by atomic mass is 9.72. The largest absolute Gasteiger partial charge is 0.340 e. The van der Waals surface area contributed by atoms with Crippen LogP contribution in [0.1, 0.15) is 42.9 Å². The van der Waals surface area contributed by atoms with Gasteiger partial charge in [-0.15, -0.1) is 24.8 Å². The van der Waals surface area contributed by atoms with Gasteiger partial charge in [0.2, 0.25) is 5.91 Å². The number of amides is 1. The van der Waals surface area contributed by atoms with Crippen molar-refractivity contribution < 1.29 is 4.79 Å². The topological polar surface area (TPSA) is 35.6 Å². The van der Waals surface area contributed by atoms with Crippen LogP contribution in [0.4, 0.5) is 0 Å². The van der Waals surface area contributed by atoms with E-state index in [-0.39, 0.29) is 30.9 Å². The summed E-state index contributed by atoms with van der Waals surface area (Å²) in [6, 6.07) is 8.81. The number of likely N-dealkylation sites (N-methyl/N-ethyl adjacent to an activating group) is 1. The van der Waals surface area contributed by atoms with Crippen LogP contribution in [-0.2, 0) is 4.79 Å². The van der Waals surface area contributed by atoms with E-state index < -0.39 is 0 Å². The maximum Gasteiger partial charge on any atom is 0.222 e. The van der Waals surface area contributed by atoms with Crippen molar-refractivity contribution in [1.29, 1.82) is 0 Å². The second kappa shape index (κ2) is 9.93. The number of aryl methyl sites for hydroxylation is 1. The zero-order chi connectivity index (χ0) is 17.2. The molecule has 1 atom stereocenters. The number of hydrogen-bond donors (Lipinski definition) is 1. The Balaban J connectivity index is 0.00000169. The summed E-state index contributed by atoms with van der Waals surface area (Å²) in [4.78, 5) is 17.0. The van der Waals surface area contributed by atoms with E-state index in [9.17, 15) is 4.79 Å². The molecule has 1 amide bonds. The molecule has 6 heteroatoms.